The Morgan fingerprint density at radius 1 is 1.45 bits per heavy atom. The van der Waals surface area contributed by atoms with E-state index >= 15 is 0 Å². The van der Waals surface area contributed by atoms with Crippen molar-refractivity contribution in [2.75, 3.05) is 17.6 Å². The Morgan fingerprint density at radius 2 is 2.15 bits per heavy atom. The maximum atomic E-state index is 11.7. The molecule has 1 N–H and O–H groups in total. The molecule has 0 radical (unpaired) electrons. The van der Waals surface area contributed by atoms with Crippen molar-refractivity contribution < 1.29 is 9.53 Å². The van der Waals surface area contributed by atoms with Crippen molar-refractivity contribution in [1.29, 1.82) is 0 Å². The quantitative estimate of drug-likeness (QED) is 0.475. The lowest BCUT2D eigenvalue weighted by Crippen LogP contribution is -2.24. The molecule has 0 unspecified atom stereocenters. The molecule has 112 valence electrons. The molecule has 5 nitrogen and oxygen atoms in total. The van der Waals surface area contributed by atoms with E-state index in [2.05, 4.69) is 38.1 Å². The number of ether oxygens (including phenoxy) is 1. The normalized spacial score (nSPS) is 11.2. The smallest absolute Gasteiger partial charge is 0.316 e. The van der Waals surface area contributed by atoms with Crippen LogP contribution in [0.3, 0.4) is 0 Å². The molecular formula is C13H20BrN3O2S. The van der Waals surface area contributed by atoms with Crippen molar-refractivity contribution in [3.05, 3.63) is 10.8 Å². The number of halogens is 1. The molecule has 0 aliphatic carbocycles. The number of carbonyl (C=O) groups excluding carboxylic acids is 1. The van der Waals surface area contributed by atoms with Crippen molar-refractivity contribution in [3.8, 4) is 0 Å². The van der Waals surface area contributed by atoms with E-state index in [0.29, 0.717) is 0 Å². The van der Waals surface area contributed by atoms with Crippen molar-refractivity contribution in [3.63, 3.8) is 0 Å². The summed E-state index contributed by atoms with van der Waals surface area (Å²) in [7, 11) is 0. The van der Waals surface area contributed by atoms with Crippen LogP contribution < -0.4 is 5.32 Å². The second-order valence-electron chi connectivity index (χ2n) is 5.14. The van der Waals surface area contributed by atoms with Gasteiger partial charge in [-0.2, -0.15) is 0 Å². The van der Waals surface area contributed by atoms with Gasteiger partial charge in [0.15, 0.2) is 0 Å². The Labute approximate surface area is 132 Å². The van der Waals surface area contributed by atoms with Crippen LogP contribution in [0.4, 0.5) is 5.82 Å². The average molecular weight is 362 g/mol. The minimum Gasteiger partial charge on any atom is -0.459 e. The number of anilines is 1. The first kappa shape index (κ1) is 17.2. The summed E-state index contributed by atoms with van der Waals surface area (Å²) in [5, 5.41) is 3.93. The third-order valence-electron chi connectivity index (χ3n) is 2.05. The number of carbonyl (C=O) groups is 1. The van der Waals surface area contributed by atoms with Crippen LogP contribution in [0.5, 0.6) is 0 Å². The van der Waals surface area contributed by atoms with Gasteiger partial charge in [0.2, 0.25) is 0 Å². The molecule has 1 aromatic rings. The van der Waals surface area contributed by atoms with Crippen LogP contribution >= 0.6 is 27.7 Å². The Kier molecular flexibility index (Phi) is 6.75. The van der Waals surface area contributed by atoms with Gasteiger partial charge < -0.3 is 10.1 Å². The molecule has 1 rings (SSSR count). The van der Waals surface area contributed by atoms with E-state index in [1.807, 2.05) is 20.8 Å². The lowest BCUT2D eigenvalue weighted by atomic mass is 10.2. The van der Waals surface area contributed by atoms with Gasteiger partial charge in [-0.3, -0.25) is 4.79 Å². The molecule has 0 fully saturated rings. The van der Waals surface area contributed by atoms with Gasteiger partial charge in [0.05, 0.1) is 10.2 Å². The number of esters is 1. The van der Waals surface area contributed by atoms with Gasteiger partial charge in [-0.15, -0.1) is 0 Å². The Hall–Kier alpha value is -0.820. The lowest BCUT2D eigenvalue weighted by molar-refractivity contribution is -0.151. The van der Waals surface area contributed by atoms with Gasteiger partial charge in [0.25, 0.3) is 0 Å². The predicted octanol–water partition coefficient (Wildman–Crippen LogP) is 3.49. The third-order valence-corrected chi connectivity index (χ3v) is 4.02. The Balaban J connectivity index is 2.62. The molecule has 7 heteroatoms. The SMILES string of the molecule is CCCNc1ncnc(SCC(=O)OC(C)(C)C)c1Br. The minimum absolute atomic E-state index is 0.222. The van der Waals surface area contributed by atoms with E-state index in [9.17, 15) is 4.79 Å². The predicted molar refractivity (Wildman–Crippen MR) is 85.1 cm³/mol. The maximum absolute atomic E-state index is 11.7. The third kappa shape index (κ3) is 6.09. The van der Waals surface area contributed by atoms with E-state index in [1.54, 1.807) is 0 Å². The van der Waals surface area contributed by atoms with E-state index < -0.39 is 5.60 Å². The molecule has 0 spiro atoms. The zero-order valence-corrected chi connectivity index (χ0v) is 14.6. The van der Waals surface area contributed by atoms with Gasteiger partial charge in [-0.25, -0.2) is 9.97 Å². The van der Waals surface area contributed by atoms with Crippen LogP contribution in [0.1, 0.15) is 34.1 Å². The summed E-state index contributed by atoms with van der Waals surface area (Å²) in [5.41, 5.74) is -0.464. The molecular weight excluding hydrogens is 342 g/mol. The first-order chi connectivity index (χ1) is 9.33. The molecule has 0 bridgehead atoms. The summed E-state index contributed by atoms with van der Waals surface area (Å²) in [6, 6.07) is 0. The van der Waals surface area contributed by atoms with Crippen LogP contribution in [0, 0.1) is 0 Å². The van der Waals surface area contributed by atoms with Crippen LogP contribution in [-0.4, -0.2) is 33.8 Å². The molecule has 0 saturated carbocycles. The summed E-state index contributed by atoms with van der Waals surface area (Å²) < 4.78 is 6.04. The van der Waals surface area contributed by atoms with Crippen LogP contribution in [0.2, 0.25) is 0 Å². The number of hydrogen-bond donors (Lipinski definition) is 1. The highest BCUT2D eigenvalue weighted by Crippen LogP contribution is 2.30. The molecule has 1 aromatic heterocycles. The number of rotatable bonds is 6. The number of nitrogens with zero attached hydrogens (tertiary/aromatic N) is 2. The number of hydrogen-bond acceptors (Lipinski definition) is 6. The van der Waals surface area contributed by atoms with E-state index in [-0.39, 0.29) is 11.7 Å². The molecule has 20 heavy (non-hydrogen) atoms. The summed E-state index contributed by atoms with van der Waals surface area (Å²) in [6.07, 6.45) is 2.50. The summed E-state index contributed by atoms with van der Waals surface area (Å²) in [4.78, 5) is 20.0. The summed E-state index contributed by atoms with van der Waals surface area (Å²) in [6.45, 7) is 8.47. The van der Waals surface area contributed by atoms with Crippen molar-refractivity contribution >= 4 is 39.5 Å². The Bertz CT molecular complexity index is 463. The summed E-state index contributed by atoms with van der Waals surface area (Å²) >= 11 is 4.79. The van der Waals surface area contributed by atoms with Crippen molar-refractivity contribution in [1.82, 2.24) is 9.97 Å². The maximum Gasteiger partial charge on any atom is 0.316 e. The average Bonchev–Trinajstić information content (AvgIpc) is 2.34. The fraction of sp³-hybridized carbons (Fsp3) is 0.615. The highest BCUT2D eigenvalue weighted by atomic mass is 79.9. The number of thioether (sulfide) groups is 1. The van der Waals surface area contributed by atoms with E-state index in [1.165, 1.54) is 18.1 Å². The monoisotopic (exact) mass is 361 g/mol. The van der Waals surface area contributed by atoms with Crippen molar-refractivity contribution in [2.45, 2.75) is 44.7 Å². The van der Waals surface area contributed by atoms with Crippen molar-refractivity contribution in [2.24, 2.45) is 0 Å². The zero-order valence-electron chi connectivity index (χ0n) is 12.2. The molecule has 0 aromatic carbocycles. The van der Waals surface area contributed by atoms with E-state index in [0.717, 1.165) is 28.3 Å². The molecule has 0 atom stereocenters. The number of nitrogens with one attached hydrogen (secondary N) is 1. The van der Waals surface area contributed by atoms with Gasteiger partial charge in [0, 0.05) is 6.54 Å². The zero-order chi connectivity index (χ0) is 15.2. The van der Waals surface area contributed by atoms with Gasteiger partial charge >= 0.3 is 5.97 Å². The molecule has 0 saturated heterocycles. The summed E-state index contributed by atoms with van der Waals surface area (Å²) in [5.74, 6) is 0.713. The Morgan fingerprint density at radius 3 is 2.75 bits per heavy atom. The number of aromatic nitrogens is 2. The topological polar surface area (TPSA) is 64.1 Å². The molecule has 0 aliphatic heterocycles. The van der Waals surface area contributed by atoms with Crippen LogP contribution in [0.25, 0.3) is 0 Å². The first-order valence-electron chi connectivity index (χ1n) is 6.42. The van der Waals surface area contributed by atoms with E-state index in [4.69, 9.17) is 4.74 Å². The highest BCUT2D eigenvalue weighted by Gasteiger charge is 2.17. The van der Waals surface area contributed by atoms with Gasteiger partial charge in [-0.05, 0) is 43.1 Å². The fourth-order valence-electron chi connectivity index (χ4n) is 1.32. The van der Waals surface area contributed by atoms with Gasteiger partial charge in [0.1, 0.15) is 22.8 Å². The lowest BCUT2D eigenvalue weighted by Gasteiger charge is -2.19. The molecule has 0 aliphatic rings. The highest BCUT2D eigenvalue weighted by molar-refractivity contribution is 9.10. The molecule has 1 heterocycles. The second kappa shape index (κ2) is 7.83. The molecule has 0 amide bonds. The minimum atomic E-state index is -0.464. The van der Waals surface area contributed by atoms with Crippen LogP contribution in [-0.2, 0) is 9.53 Å². The standard InChI is InChI=1S/C13H20BrN3O2S/c1-5-6-15-11-10(14)12(17-8-16-11)20-7-9(18)19-13(2,3)4/h8H,5-7H2,1-4H3,(H,15,16,17). The van der Waals surface area contributed by atoms with Crippen LogP contribution in [0.15, 0.2) is 15.8 Å². The second-order valence-corrected chi connectivity index (χ2v) is 6.90. The largest absolute Gasteiger partial charge is 0.459 e. The first-order valence-corrected chi connectivity index (χ1v) is 8.20. The van der Waals surface area contributed by atoms with Gasteiger partial charge in [-0.1, -0.05) is 18.7 Å². The fourth-order valence-corrected chi connectivity index (χ4v) is 2.67.